The molecule has 0 heterocycles. The third kappa shape index (κ3) is 4.83. The van der Waals surface area contributed by atoms with Crippen molar-refractivity contribution in [3.63, 3.8) is 0 Å². The molecule has 0 saturated heterocycles. The van der Waals surface area contributed by atoms with Crippen molar-refractivity contribution >= 4 is 27.4 Å². The van der Waals surface area contributed by atoms with E-state index in [-0.39, 0.29) is 4.90 Å². The largest absolute Gasteiger partial charge is 0.508 e. The minimum absolute atomic E-state index is 0.0916. The van der Waals surface area contributed by atoms with E-state index in [1.54, 1.807) is 18.2 Å². The Kier molecular flexibility index (Phi) is 6.32. The molecule has 0 aliphatic heterocycles. The Bertz CT molecular complexity index is 641. The van der Waals surface area contributed by atoms with Crippen LogP contribution in [0.5, 0.6) is 0 Å². The van der Waals surface area contributed by atoms with E-state index in [4.69, 9.17) is 16.7 Å². The highest BCUT2D eigenvalue weighted by Crippen LogP contribution is 2.11. The van der Waals surface area contributed by atoms with E-state index in [1.165, 1.54) is 12.1 Å². The first-order valence-corrected chi connectivity index (χ1v) is 7.87. The van der Waals surface area contributed by atoms with Gasteiger partial charge in [0.05, 0.1) is 16.5 Å². The Balaban J connectivity index is 2.66. The van der Waals surface area contributed by atoms with Gasteiger partial charge < -0.3 is 9.84 Å². The Labute approximate surface area is 126 Å². The smallest absolute Gasteiger partial charge is 0.364 e. The number of sulfone groups is 1. The second-order valence-electron chi connectivity index (χ2n) is 3.79. The highest BCUT2D eigenvalue weighted by atomic mass is 35.5. The van der Waals surface area contributed by atoms with Crippen LogP contribution in [0.25, 0.3) is 0 Å². The molecule has 1 rings (SSSR count). The molecule has 0 spiro atoms. The number of hydrogen-bond acceptors (Lipinski definition) is 7. The quantitative estimate of drug-likeness (QED) is 0.268. The van der Waals surface area contributed by atoms with Gasteiger partial charge in [0.15, 0.2) is 9.84 Å². The number of carbonyl (C=O) groups excluding carboxylic acids is 1. The number of nitrogens with zero attached hydrogens (tertiary/aromatic N) is 1. The first kappa shape index (κ1) is 17.1. The first-order valence-electron chi connectivity index (χ1n) is 5.68. The monoisotopic (exact) mass is 333 g/mol. The molecule has 0 bridgehead atoms. The highest BCUT2D eigenvalue weighted by Gasteiger charge is 2.20. The van der Waals surface area contributed by atoms with Gasteiger partial charge in [-0.2, -0.15) is 0 Å². The molecule has 0 amide bonds. The molecule has 1 aromatic carbocycles. The molecule has 0 fully saturated rings. The summed E-state index contributed by atoms with van der Waals surface area (Å²) >= 11 is 5.25. The molecule has 0 saturated carbocycles. The number of esters is 1. The molecule has 0 radical (unpaired) electrons. The maximum atomic E-state index is 11.9. The molecule has 7 nitrogen and oxygen atoms in total. The number of alkyl halides is 1. The lowest BCUT2D eigenvalue weighted by molar-refractivity contribution is -0.138. The molecule has 114 valence electrons. The summed E-state index contributed by atoms with van der Waals surface area (Å²) in [7, 11) is -3.60. The number of carbonyl (C=O) groups is 1. The molecular weight excluding hydrogens is 322 g/mol. The first-order chi connectivity index (χ1) is 9.92. The van der Waals surface area contributed by atoms with Gasteiger partial charge in [-0.25, -0.2) is 13.2 Å². The SMILES string of the molecule is O=NC(C(=O)OCCS(=O)(=O)c1ccccc1)=C(O)CCl. The maximum absolute atomic E-state index is 11.9. The Hall–Kier alpha value is -1.93. The van der Waals surface area contributed by atoms with Crippen molar-refractivity contribution in [3.8, 4) is 0 Å². The van der Waals surface area contributed by atoms with E-state index < -0.39 is 45.5 Å². The molecule has 9 heteroatoms. The van der Waals surface area contributed by atoms with Crippen molar-refractivity contribution in [2.75, 3.05) is 18.2 Å². The van der Waals surface area contributed by atoms with E-state index in [2.05, 4.69) is 9.91 Å². The van der Waals surface area contributed by atoms with Gasteiger partial charge in [-0.15, -0.1) is 16.5 Å². The number of allylic oxidation sites excluding steroid dienone is 1. The number of aliphatic hydroxyl groups excluding tert-OH is 1. The van der Waals surface area contributed by atoms with Crippen molar-refractivity contribution in [1.82, 2.24) is 0 Å². The van der Waals surface area contributed by atoms with Crippen LogP contribution in [0.4, 0.5) is 0 Å². The van der Waals surface area contributed by atoms with E-state index in [0.29, 0.717) is 0 Å². The summed E-state index contributed by atoms with van der Waals surface area (Å²) in [6, 6.07) is 7.62. The van der Waals surface area contributed by atoms with Crippen molar-refractivity contribution in [2.24, 2.45) is 5.18 Å². The minimum atomic E-state index is -3.60. The Morgan fingerprint density at radius 3 is 2.43 bits per heavy atom. The molecule has 0 unspecified atom stereocenters. The number of halogens is 1. The molecule has 0 aliphatic rings. The van der Waals surface area contributed by atoms with Gasteiger partial charge in [-0.3, -0.25) is 0 Å². The van der Waals surface area contributed by atoms with Crippen LogP contribution >= 0.6 is 11.6 Å². The average molecular weight is 334 g/mol. The van der Waals surface area contributed by atoms with Gasteiger partial charge in [0.25, 0.3) is 0 Å². The van der Waals surface area contributed by atoms with E-state index in [1.807, 2.05) is 0 Å². The summed E-state index contributed by atoms with van der Waals surface area (Å²) < 4.78 is 28.4. The van der Waals surface area contributed by atoms with E-state index in [9.17, 15) is 18.1 Å². The van der Waals surface area contributed by atoms with Crippen LogP contribution in [0.3, 0.4) is 0 Å². The summed E-state index contributed by atoms with van der Waals surface area (Å²) in [6.07, 6.45) is 0. The fraction of sp³-hybridized carbons (Fsp3) is 0.250. The summed E-state index contributed by atoms with van der Waals surface area (Å²) in [6.45, 7) is -0.482. The number of aliphatic hydroxyl groups is 1. The third-order valence-corrected chi connectivity index (χ3v) is 4.32. The lowest BCUT2D eigenvalue weighted by Crippen LogP contribution is -2.17. The van der Waals surface area contributed by atoms with Gasteiger partial charge in [0, 0.05) is 0 Å². The Morgan fingerprint density at radius 1 is 1.29 bits per heavy atom. The zero-order chi connectivity index (χ0) is 15.9. The average Bonchev–Trinajstić information content (AvgIpc) is 2.48. The van der Waals surface area contributed by atoms with Crippen molar-refractivity contribution < 1.29 is 23.1 Å². The third-order valence-electron chi connectivity index (χ3n) is 2.37. The van der Waals surface area contributed by atoms with Crippen LogP contribution in [-0.4, -0.2) is 37.7 Å². The molecule has 1 aromatic rings. The van der Waals surface area contributed by atoms with Gasteiger partial charge in [-0.1, -0.05) is 18.2 Å². The predicted molar refractivity (Wildman–Crippen MR) is 75.6 cm³/mol. The van der Waals surface area contributed by atoms with Crippen LogP contribution in [0.1, 0.15) is 0 Å². The van der Waals surface area contributed by atoms with Gasteiger partial charge in [0.1, 0.15) is 12.4 Å². The normalized spacial score (nSPS) is 12.4. The predicted octanol–water partition coefficient (Wildman–Crippen LogP) is 1.78. The number of nitroso groups, excluding NO2 is 1. The van der Waals surface area contributed by atoms with Crippen LogP contribution in [0, 0.1) is 4.91 Å². The van der Waals surface area contributed by atoms with Crippen LogP contribution in [0.15, 0.2) is 51.9 Å². The maximum Gasteiger partial charge on any atom is 0.364 e. The van der Waals surface area contributed by atoms with Gasteiger partial charge >= 0.3 is 5.97 Å². The number of benzene rings is 1. The molecule has 21 heavy (non-hydrogen) atoms. The fourth-order valence-corrected chi connectivity index (χ4v) is 2.57. The number of ether oxygens (including phenoxy) is 1. The van der Waals surface area contributed by atoms with Crippen LogP contribution in [0.2, 0.25) is 0 Å². The van der Waals surface area contributed by atoms with Crippen LogP contribution < -0.4 is 0 Å². The zero-order valence-corrected chi connectivity index (χ0v) is 12.3. The fourth-order valence-electron chi connectivity index (χ4n) is 1.33. The second kappa shape index (κ2) is 7.75. The molecule has 0 aliphatic carbocycles. The highest BCUT2D eigenvalue weighted by molar-refractivity contribution is 7.91. The molecule has 0 atom stereocenters. The van der Waals surface area contributed by atoms with E-state index in [0.717, 1.165) is 0 Å². The minimum Gasteiger partial charge on any atom is -0.508 e. The van der Waals surface area contributed by atoms with Gasteiger partial charge in [-0.05, 0) is 17.3 Å². The lowest BCUT2D eigenvalue weighted by Gasteiger charge is -2.06. The number of hydrogen-bond donors (Lipinski definition) is 1. The van der Waals surface area contributed by atoms with Crippen LogP contribution in [-0.2, 0) is 19.4 Å². The second-order valence-corrected chi connectivity index (χ2v) is 6.16. The Morgan fingerprint density at radius 2 is 1.90 bits per heavy atom. The molecule has 1 N–H and O–H groups in total. The summed E-state index contributed by atoms with van der Waals surface area (Å²) in [5, 5.41) is 11.5. The topological polar surface area (TPSA) is 110 Å². The molecule has 0 aromatic heterocycles. The summed E-state index contributed by atoms with van der Waals surface area (Å²) in [5.74, 6) is -2.91. The standard InChI is InChI=1S/C12H12ClNO6S/c13-8-10(15)11(14-17)12(16)20-6-7-21(18,19)9-4-2-1-3-5-9/h1-5,15H,6-8H2. The summed E-state index contributed by atoms with van der Waals surface area (Å²) in [4.78, 5) is 21.9. The molecular formula is C12H12ClNO6S. The zero-order valence-electron chi connectivity index (χ0n) is 10.7. The van der Waals surface area contributed by atoms with Gasteiger partial charge in [0.2, 0.25) is 5.70 Å². The lowest BCUT2D eigenvalue weighted by atomic mass is 10.4. The van der Waals surface area contributed by atoms with E-state index >= 15 is 0 Å². The van der Waals surface area contributed by atoms with Crippen molar-refractivity contribution in [3.05, 3.63) is 46.7 Å². The van der Waals surface area contributed by atoms with Crippen molar-refractivity contribution in [2.45, 2.75) is 4.90 Å². The van der Waals surface area contributed by atoms with Crippen molar-refractivity contribution in [1.29, 1.82) is 0 Å². The number of rotatable bonds is 7. The summed E-state index contributed by atoms with van der Waals surface area (Å²) in [5.41, 5.74) is -0.873.